The molecule has 0 spiro atoms. The third-order valence-corrected chi connectivity index (χ3v) is 5.51. The average molecular weight is 502 g/mol. The normalized spacial score (nSPS) is 11.7. The maximum absolute atomic E-state index is 14.0. The Balaban J connectivity index is 2.03. The molecule has 12 heteroatoms. The molecule has 2 aromatic carbocycles. The molecule has 0 aliphatic heterocycles. The fraction of sp³-hybridized carbons (Fsp3) is 0.333. The monoisotopic (exact) mass is 502 g/mol. The van der Waals surface area contributed by atoms with Crippen LogP contribution in [0.4, 0.5) is 4.39 Å². The first kappa shape index (κ1) is 26.3. The highest BCUT2D eigenvalue weighted by Crippen LogP contribution is 2.24. The van der Waals surface area contributed by atoms with Gasteiger partial charge < -0.3 is 24.8 Å². The zero-order valence-electron chi connectivity index (χ0n) is 20.1. The molecule has 1 unspecified atom stereocenters. The molecule has 2 amide bonds. The maximum Gasteiger partial charge on any atom is 0.330 e. The van der Waals surface area contributed by atoms with Crippen LogP contribution in [0.5, 0.6) is 11.5 Å². The first-order chi connectivity index (χ1) is 17.2. The molecular formula is C24H27FN4O7. The number of imidazole rings is 1. The SMILES string of the molecule is CCOC(=O)Cn1c(=O)n(C(CN(C=O)Cc2cc(OC)cc(OC)c2)C(N)=O)c2ccc(F)cc21. The number of fused-ring (bicyclic) bond motifs is 1. The topological polar surface area (TPSA) is 135 Å². The number of halogens is 1. The van der Waals surface area contributed by atoms with Gasteiger partial charge in [0.15, 0.2) is 0 Å². The lowest BCUT2D eigenvalue weighted by Gasteiger charge is -2.24. The Labute approximate surface area is 205 Å². The number of nitrogens with zero attached hydrogens (tertiary/aromatic N) is 3. The van der Waals surface area contributed by atoms with Gasteiger partial charge >= 0.3 is 11.7 Å². The van der Waals surface area contributed by atoms with Gasteiger partial charge in [-0.15, -0.1) is 0 Å². The second kappa shape index (κ2) is 11.4. The lowest BCUT2D eigenvalue weighted by Crippen LogP contribution is -2.41. The number of hydrogen-bond donors (Lipinski definition) is 1. The van der Waals surface area contributed by atoms with Crippen molar-refractivity contribution in [1.29, 1.82) is 0 Å². The van der Waals surface area contributed by atoms with Gasteiger partial charge in [-0.3, -0.25) is 23.5 Å². The predicted molar refractivity (Wildman–Crippen MR) is 127 cm³/mol. The molecule has 3 rings (SSSR count). The van der Waals surface area contributed by atoms with Crippen molar-refractivity contribution >= 4 is 29.3 Å². The molecule has 0 fully saturated rings. The Bertz CT molecular complexity index is 1310. The van der Waals surface area contributed by atoms with Crippen LogP contribution in [0.2, 0.25) is 0 Å². The van der Waals surface area contributed by atoms with Crippen molar-refractivity contribution in [3.8, 4) is 11.5 Å². The van der Waals surface area contributed by atoms with E-state index >= 15 is 0 Å². The van der Waals surface area contributed by atoms with Crippen LogP contribution in [-0.4, -0.2) is 59.7 Å². The van der Waals surface area contributed by atoms with Crippen LogP contribution in [0.25, 0.3) is 11.0 Å². The number of primary amides is 1. The fourth-order valence-corrected chi connectivity index (χ4v) is 3.90. The second-order valence-electron chi connectivity index (χ2n) is 7.85. The molecule has 0 radical (unpaired) electrons. The van der Waals surface area contributed by atoms with Crippen molar-refractivity contribution in [2.24, 2.45) is 5.73 Å². The lowest BCUT2D eigenvalue weighted by molar-refractivity contribution is -0.143. The van der Waals surface area contributed by atoms with Gasteiger partial charge in [0.25, 0.3) is 0 Å². The standard InChI is InChI=1S/C24H27FN4O7/c1-4-36-22(31)13-28-20-9-16(25)5-6-19(20)29(24(28)33)21(23(26)32)12-27(14-30)11-15-7-17(34-2)10-18(8-15)35-3/h5-10,14,21H,4,11-13H2,1-3H3,(H2,26,32). The largest absolute Gasteiger partial charge is 0.497 e. The molecular weight excluding hydrogens is 475 g/mol. The molecule has 1 atom stereocenters. The number of nitrogens with two attached hydrogens (primary N) is 1. The number of carbonyl (C=O) groups is 3. The van der Waals surface area contributed by atoms with Crippen molar-refractivity contribution < 1.29 is 33.0 Å². The smallest absolute Gasteiger partial charge is 0.330 e. The number of esters is 1. The van der Waals surface area contributed by atoms with E-state index in [9.17, 15) is 23.6 Å². The molecule has 0 saturated carbocycles. The van der Waals surface area contributed by atoms with Crippen LogP contribution < -0.4 is 20.9 Å². The average Bonchev–Trinajstić information content (AvgIpc) is 3.11. The van der Waals surface area contributed by atoms with Gasteiger partial charge in [-0.05, 0) is 42.8 Å². The quantitative estimate of drug-likeness (QED) is 0.290. The van der Waals surface area contributed by atoms with Gasteiger partial charge in [0, 0.05) is 12.6 Å². The van der Waals surface area contributed by atoms with E-state index < -0.39 is 36.0 Å². The minimum Gasteiger partial charge on any atom is -0.497 e. The van der Waals surface area contributed by atoms with Gasteiger partial charge in [0.05, 0.1) is 38.4 Å². The van der Waals surface area contributed by atoms with Crippen molar-refractivity contribution in [3.63, 3.8) is 0 Å². The Morgan fingerprint density at radius 3 is 2.33 bits per heavy atom. The summed E-state index contributed by atoms with van der Waals surface area (Å²) in [6, 6.07) is 7.23. The van der Waals surface area contributed by atoms with Crippen LogP contribution in [0.3, 0.4) is 0 Å². The second-order valence-corrected chi connectivity index (χ2v) is 7.85. The number of amides is 2. The Hall–Kier alpha value is -4.35. The summed E-state index contributed by atoms with van der Waals surface area (Å²) in [5.41, 5.74) is 5.76. The van der Waals surface area contributed by atoms with E-state index in [4.69, 9.17) is 19.9 Å². The van der Waals surface area contributed by atoms with Gasteiger partial charge in [0.2, 0.25) is 12.3 Å². The summed E-state index contributed by atoms with van der Waals surface area (Å²) in [4.78, 5) is 51.1. The van der Waals surface area contributed by atoms with E-state index in [2.05, 4.69) is 0 Å². The summed E-state index contributed by atoms with van der Waals surface area (Å²) < 4.78 is 31.5. The van der Waals surface area contributed by atoms with Crippen LogP contribution in [0, 0.1) is 5.82 Å². The van der Waals surface area contributed by atoms with E-state index in [0.717, 1.165) is 21.3 Å². The van der Waals surface area contributed by atoms with Crippen molar-refractivity contribution in [2.75, 3.05) is 27.4 Å². The summed E-state index contributed by atoms with van der Waals surface area (Å²) in [6.07, 6.45) is 0.518. The Morgan fingerprint density at radius 2 is 1.78 bits per heavy atom. The van der Waals surface area contributed by atoms with Gasteiger partial charge in [-0.1, -0.05) is 0 Å². The highest BCUT2D eigenvalue weighted by molar-refractivity contribution is 5.84. The Kier molecular flexibility index (Phi) is 8.30. The zero-order chi connectivity index (χ0) is 26.4. The molecule has 0 saturated heterocycles. The van der Waals surface area contributed by atoms with E-state index in [1.165, 1.54) is 25.2 Å². The molecule has 0 aliphatic rings. The molecule has 11 nitrogen and oxygen atoms in total. The number of methoxy groups -OCH3 is 2. The van der Waals surface area contributed by atoms with Crippen molar-refractivity contribution in [2.45, 2.75) is 26.1 Å². The van der Waals surface area contributed by atoms with E-state index in [1.807, 2.05) is 0 Å². The molecule has 0 aliphatic carbocycles. The molecule has 192 valence electrons. The first-order valence-electron chi connectivity index (χ1n) is 11.0. The summed E-state index contributed by atoms with van der Waals surface area (Å²) >= 11 is 0. The van der Waals surface area contributed by atoms with Gasteiger partial charge in [-0.2, -0.15) is 0 Å². The van der Waals surface area contributed by atoms with Crippen LogP contribution in [0.1, 0.15) is 18.5 Å². The minimum atomic E-state index is -1.31. The minimum absolute atomic E-state index is 0.0473. The summed E-state index contributed by atoms with van der Waals surface area (Å²) in [6.45, 7) is 0.985. The molecule has 0 bridgehead atoms. The summed E-state index contributed by atoms with van der Waals surface area (Å²) in [7, 11) is 2.97. The highest BCUT2D eigenvalue weighted by atomic mass is 19.1. The van der Waals surface area contributed by atoms with Crippen LogP contribution in [0.15, 0.2) is 41.2 Å². The molecule has 2 N–H and O–H groups in total. The summed E-state index contributed by atoms with van der Waals surface area (Å²) in [5, 5.41) is 0. The molecule has 3 aromatic rings. The number of ether oxygens (including phenoxy) is 3. The molecule has 1 heterocycles. The number of aromatic nitrogens is 2. The maximum atomic E-state index is 14.0. The van der Waals surface area contributed by atoms with E-state index in [1.54, 1.807) is 25.1 Å². The third-order valence-electron chi connectivity index (χ3n) is 5.51. The Morgan fingerprint density at radius 1 is 1.11 bits per heavy atom. The van der Waals surface area contributed by atoms with Crippen LogP contribution in [-0.2, 0) is 32.2 Å². The number of carbonyl (C=O) groups excluding carboxylic acids is 3. The molecule has 1 aromatic heterocycles. The zero-order valence-corrected chi connectivity index (χ0v) is 20.1. The van der Waals surface area contributed by atoms with Gasteiger partial charge in [0.1, 0.15) is 29.9 Å². The van der Waals surface area contributed by atoms with E-state index in [-0.39, 0.29) is 30.7 Å². The predicted octanol–water partition coefficient (Wildman–Crippen LogP) is 1.21. The van der Waals surface area contributed by atoms with Crippen molar-refractivity contribution in [3.05, 3.63) is 58.3 Å². The number of hydrogen-bond acceptors (Lipinski definition) is 7. The van der Waals surface area contributed by atoms with Crippen molar-refractivity contribution in [1.82, 2.24) is 14.0 Å². The van der Waals surface area contributed by atoms with Gasteiger partial charge in [-0.25, -0.2) is 9.18 Å². The third kappa shape index (κ3) is 5.65. The molecule has 36 heavy (non-hydrogen) atoms. The fourth-order valence-electron chi connectivity index (χ4n) is 3.90. The lowest BCUT2D eigenvalue weighted by atomic mass is 10.1. The summed E-state index contributed by atoms with van der Waals surface area (Å²) in [5.74, 6) is -1.25. The van der Waals surface area contributed by atoms with E-state index in [0.29, 0.717) is 23.5 Å². The number of rotatable bonds is 12. The number of benzene rings is 2. The van der Waals surface area contributed by atoms with Crippen LogP contribution >= 0.6 is 0 Å². The first-order valence-corrected chi connectivity index (χ1v) is 11.0. The highest BCUT2D eigenvalue weighted by Gasteiger charge is 2.28.